The van der Waals surface area contributed by atoms with Crippen molar-refractivity contribution < 1.29 is 14.7 Å². The second kappa shape index (κ2) is 12.4. The van der Waals surface area contributed by atoms with E-state index < -0.39 is 6.09 Å². The average molecular weight is 610 g/mol. The van der Waals surface area contributed by atoms with Gasteiger partial charge in [-0.25, -0.2) is 9.78 Å². The number of carbonyl (C=O) groups excluding carboxylic acids is 1. The first kappa shape index (κ1) is 28.6. The minimum absolute atomic E-state index is 0.0104. The Morgan fingerprint density at radius 1 is 1.11 bits per heavy atom. The molecule has 2 atom stereocenters. The number of amides is 2. The van der Waals surface area contributed by atoms with Crippen LogP contribution in [0.15, 0.2) is 85.3 Å². The summed E-state index contributed by atoms with van der Waals surface area (Å²) in [5, 5.41) is 23.2. The molecule has 1 aliphatic rings. The number of H-pyrrole nitrogens is 1. The van der Waals surface area contributed by atoms with Gasteiger partial charge >= 0.3 is 6.09 Å². The molecule has 44 heavy (non-hydrogen) atoms. The largest absolute Gasteiger partial charge is 0.465 e. The second-order valence-corrected chi connectivity index (χ2v) is 10.8. The number of anilines is 2. The Morgan fingerprint density at radius 3 is 2.70 bits per heavy atom. The Labute approximate surface area is 257 Å². The van der Waals surface area contributed by atoms with Gasteiger partial charge in [0.2, 0.25) is 5.91 Å². The van der Waals surface area contributed by atoms with Crippen molar-refractivity contribution in [2.75, 3.05) is 17.6 Å². The minimum Gasteiger partial charge on any atom is -0.465 e. The fourth-order valence-corrected chi connectivity index (χ4v) is 5.84. The Morgan fingerprint density at radius 2 is 1.95 bits per heavy atom. The van der Waals surface area contributed by atoms with E-state index in [-0.39, 0.29) is 17.9 Å². The summed E-state index contributed by atoms with van der Waals surface area (Å²) in [6.45, 7) is 0.542. The van der Waals surface area contributed by atoms with E-state index >= 15 is 0 Å². The molecule has 2 aromatic heterocycles. The van der Waals surface area contributed by atoms with Crippen LogP contribution in [0.2, 0.25) is 5.02 Å². The molecule has 2 amide bonds. The number of tetrazole rings is 1. The lowest BCUT2D eigenvalue weighted by molar-refractivity contribution is -0.130. The van der Waals surface area contributed by atoms with Gasteiger partial charge < -0.3 is 20.7 Å². The van der Waals surface area contributed by atoms with Crippen molar-refractivity contribution >= 4 is 41.1 Å². The number of aromatic amines is 1. The summed E-state index contributed by atoms with van der Waals surface area (Å²) in [6.07, 6.45) is 6.93. The highest BCUT2D eigenvalue weighted by Crippen LogP contribution is 2.42. The number of hydrogen-bond donors (Lipinski definition) is 4. The number of imidazole rings is 1. The zero-order valence-electron chi connectivity index (χ0n) is 23.3. The molecule has 1 aliphatic heterocycles. The van der Waals surface area contributed by atoms with Crippen molar-refractivity contribution in [2.45, 2.75) is 24.8 Å². The maximum absolute atomic E-state index is 13.9. The summed E-state index contributed by atoms with van der Waals surface area (Å²) in [7, 11) is 0. The van der Waals surface area contributed by atoms with Gasteiger partial charge in [-0.15, -0.1) is 5.10 Å². The van der Waals surface area contributed by atoms with Gasteiger partial charge in [0, 0.05) is 46.1 Å². The van der Waals surface area contributed by atoms with Crippen LogP contribution < -0.4 is 11.1 Å². The van der Waals surface area contributed by atoms with E-state index in [4.69, 9.17) is 27.4 Å². The highest BCUT2D eigenvalue weighted by molar-refractivity contribution is 6.30. The molecule has 0 saturated carbocycles. The number of piperidine rings is 1. The highest BCUT2D eigenvalue weighted by atomic mass is 35.5. The van der Waals surface area contributed by atoms with Crippen molar-refractivity contribution in [2.24, 2.45) is 0 Å². The van der Waals surface area contributed by atoms with Crippen LogP contribution in [0.1, 0.15) is 41.8 Å². The molecule has 0 bridgehead atoms. The highest BCUT2D eigenvalue weighted by Gasteiger charge is 2.37. The third kappa shape index (κ3) is 6.01. The van der Waals surface area contributed by atoms with Gasteiger partial charge in [-0.3, -0.25) is 10.1 Å². The number of nitrogens with zero attached hydrogens (tertiary/aromatic N) is 6. The van der Waals surface area contributed by atoms with Crippen LogP contribution in [0.25, 0.3) is 23.0 Å². The molecule has 1 fully saturated rings. The number of halogens is 1. The molecule has 6 rings (SSSR count). The number of nitrogen functional groups attached to an aromatic ring is 1. The predicted octanol–water partition coefficient (Wildman–Crippen LogP) is 5.54. The molecule has 13 heteroatoms. The molecule has 2 unspecified atom stereocenters. The summed E-state index contributed by atoms with van der Waals surface area (Å²) in [4.78, 5) is 34.9. The SMILES string of the molecule is Nc1cc(NC(=O)O)ccc1-c1cnc(C2C(c3ccccc3)CCCN2C(=O)/C=C/c2cc(Cl)ccc2-n2cnnn2)[nH]1. The van der Waals surface area contributed by atoms with Crippen molar-refractivity contribution in [1.82, 2.24) is 35.1 Å². The van der Waals surface area contributed by atoms with Crippen LogP contribution >= 0.6 is 11.6 Å². The number of carboxylic acid groups (broad SMARTS) is 1. The average Bonchev–Trinajstić information content (AvgIpc) is 3.73. The number of nitrogens with one attached hydrogen (secondary N) is 2. The summed E-state index contributed by atoms with van der Waals surface area (Å²) < 4.78 is 1.51. The van der Waals surface area contributed by atoms with E-state index in [2.05, 4.69) is 38.0 Å². The molecule has 1 saturated heterocycles. The Bertz CT molecular complexity index is 1820. The standard InChI is InChI=1S/C31H28ClN9O3/c32-21-9-12-27(41-18-35-38-39-41)20(15-21)8-13-28(42)40-14-4-7-23(19-5-2-1-3-6-19)29(40)30-34-17-26(37-30)24-11-10-22(16-25(24)33)36-31(43)44/h1-3,5-6,8-13,15-18,23,29,36H,4,7,14,33H2,(H,34,37)(H,43,44)/b13-8+. The fraction of sp³-hybridized carbons (Fsp3) is 0.161. The van der Waals surface area contributed by atoms with Crippen molar-refractivity contribution in [1.29, 1.82) is 0 Å². The lowest BCUT2D eigenvalue weighted by atomic mass is 9.83. The quantitative estimate of drug-likeness (QED) is 0.138. The normalized spacial score (nSPS) is 16.7. The van der Waals surface area contributed by atoms with Gasteiger partial charge in [0.15, 0.2) is 0 Å². The first-order chi connectivity index (χ1) is 21.4. The van der Waals surface area contributed by atoms with E-state index in [1.807, 2.05) is 23.1 Å². The van der Waals surface area contributed by atoms with Crippen LogP contribution in [0.4, 0.5) is 16.2 Å². The van der Waals surface area contributed by atoms with Crippen LogP contribution in [-0.2, 0) is 4.79 Å². The van der Waals surface area contributed by atoms with Gasteiger partial charge in [0.1, 0.15) is 12.2 Å². The van der Waals surface area contributed by atoms with Gasteiger partial charge in [-0.05, 0) is 71.3 Å². The van der Waals surface area contributed by atoms with Gasteiger partial charge in [-0.2, -0.15) is 4.68 Å². The van der Waals surface area contributed by atoms with E-state index in [1.165, 1.54) is 17.1 Å². The molecule has 12 nitrogen and oxygen atoms in total. The molecular formula is C31H28ClN9O3. The molecular weight excluding hydrogens is 582 g/mol. The van der Waals surface area contributed by atoms with Crippen LogP contribution in [-0.4, -0.2) is 58.7 Å². The number of aromatic nitrogens is 6. The molecule has 0 aliphatic carbocycles. The predicted molar refractivity (Wildman–Crippen MR) is 166 cm³/mol. The molecule has 5 aromatic rings. The Balaban J connectivity index is 1.34. The minimum atomic E-state index is -1.17. The number of benzene rings is 3. The summed E-state index contributed by atoms with van der Waals surface area (Å²) >= 11 is 6.29. The number of rotatable bonds is 7. The third-order valence-corrected chi connectivity index (χ3v) is 7.84. The van der Waals surface area contributed by atoms with Crippen molar-refractivity contribution in [3.05, 3.63) is 107 Å². The Kier molecular flexibility index (Phi) is 8.06. The van der Waals surface area contributed by atoms with E-state index in [9.17, 15) is 9.59 Å². The molecule has 5 N–H and O–H groups in total. The van der Waals surface area contributed by atoms with Gasteiger partial charge in [0.25, 0.3) is 0 Å². The third-order valence-electron chi connectivity index (χ3n) is 7.60. The van der Waals surface area contributed by atoms with Gasteiger partial charge in [0.05, 0.1) is 23.6 Å². The zero-order chi connectivity index (χ0) is 30.6. The number of hydrogen-bond acceptors (Lipinski definition) is 7. The van der Waals surface area contributed by atoms with Crippen LogP contribution in [0.3, 0.4) is 0 Å². The zero-order valence-corrected chi connectivity index (χ0v) is 24.1. The Hall–Kier alpha value is -5.49. The summed E-state index contributed by atoms with van der Waals surface area (Å²) in [6, 6.07) is 19.9. The fourth-order valence-electron chi connectivity index (χ4n) is 5.66. The summed E-state index contributed by atoms with van der Waals surface area (Å²) in [5.41, 5.74) is 10.8. The molecule has 222 valence electrons. The smallest absolute Gasteiger partial charge is 0.409 e. The monoisotopic (exact) mass is 609 g/mol. The number of carbonyl (C=O) groups is 2. The number of likely N-dealkylation sites (tertiary alicyclic amines) is 1. The maximum atomic E-state index is 13.9. The number of nitrogens with two attached hydrogens (primary N) is 1. The van der Waals surface area contributed by atoms with Crippen molar-refractivity contribution in [3.8, 4) is 16.9 Å². The van der Waals surface area contributed by atoms with E-state index in [0.717, 1.165) is 18.4 Å². The van der Waals surface area contributed by atoms with E-state index in [1.54, 1.807) is 48.7 Å². The van der Waals surface area contributed by atoms with E-state index in [0.29, 0.717) is 51.3 Å². The molecule has 0 spiro atoms. The first-order valence-electron chi connectivity index (χ1n) is 13.9. The molecule has 3 heterocycles. The van der Waals surface area contributed by atoms with Crippen LogP contribution in [0.5, 0.6) is 0 Å². The molecule has 0 radical (unpaired) electrons. The van der Waals surface area contributed by atoms with Crippen LogP contribution in [0, 0.1) is 0 Å². The second-order valence-electron chi connectivity index (χ2n) is 10.3. The topological polar surface area (TPSA) is 168 Å². The molecule has 3 aromatic carbocycles. The lowest BCUT2D eigenvalue weighted by Gasteiger charge is -2.40. The summed E-state index contributed by atoms with van der Waals surface area (Å²) in [5.74, 6) is 0.433. The lowest BCUT2D eigenvalue weighted by Crippen LogP contribution is -2.41. The van der Waals surface area contributed by atoms with Gasteiger partial charge in [-0.1, -0.05) is 41.9 Å². The maximum Gasteiger partial charge on any atom is 0.409 e. The first-order valence-corrected chi connectivity index (χ1v) is 14.3. The van der Waals surface area contributed by atoms with Crippen molar-refractivity contribution in [3.63, 3.8) is 0 Å².